The van der Waals surface area contributed by atoms with Gasteiger partial charge in [-0.25, -0.2) is 4.98 Å². The summed E-state index contributed by atoms with van der Waals surface area (Å²) < 4.78 is 0. The number of rotatable bonds is 1. The number of nitrogens with one attached hydrogen (secondary N) is 1. The molecule has 90 valence electrons. The van der Waals surface area contributed by atoms with Crippen molar-refractivity contribution in [2.45, 2.75) is 0 Å². The second kappa shape index (κ2) is 4.19. The number of H-pyrrole nitrogens is 1. The summed E-state index contributed by atoms with van der Waals surface area (Å²) in [7, 11) is 0. The SMILES string of the molecule is Nc1cccc2[nH]c(-c3cc(Cl)cc(Cl)c3)nc12. The monoisotopic (exact) mass is 277 g/mol. The van der Waals surface area contributed by atoms with Crippen molar-refractivity contribution in [3.05, 3.63) is 46.4 Å². The van der Waals surface area contributed by atoms with Crippen LogP contribution in [-0.2, 0) is 0 Å². The number of nitrogens with two attached hydrogens (primary N) is 1. The van der Waals surface area contributed by atoms with Crippen LogP contribution in [0.5, 0.6) is 0 Å². The quantitative estimate of drug-likeness (QED) is 0.658. The first-order valence-electron chi connectivity index (χ1n) is 5.34. The topological polar surface area (TPSA) is 54.7 Å². The lowest BCUT2D eigenvalue weighted by Crippen LogP contribution is -1.85. The summed E-state index contributed by atoms with van der Waals surface area (Å²) in [5.41, 5.74) is 8.99. The third-order valence-corrected chi connectivity index (χ3v) is 3.12. The van der Waals surface area contributed by atoms with Gasteiger partial charge in [-0.2, -0.15) is 0 Å². The number of aromatic amines is 1. The van der Waals surface area contributed by atoms with Crippen molar-refractivity contribution in [2.24, 2.45) is 0 Å². The van der Waals surface area contributed by atoms with Crippen LogP contribution in [0.3, 0.4) is 0 Å². The molecule has 3 aromatic rings. The Morgan fingerprint density at radius 3 is 2.44 bits per heavy atom. The van der Waals surface area contributed by atoms with Crippen LogP contribution in [0.1, 0.15) is 0 Å². The van der Waals surface area contributed by atoms with Crippen LogP contribution >= 0.6 is 23.2 Å². The number of nitrogens with zero attached hydrogens (tertiary/aromatic N) is 1. The summed E-state index contributed by atoms with van der Waals surface area (Å²) in [6.45, 7) is 0. The number of nitrogen functional groups attached to an aromatic ring is 1. The predicted octanol–water partition coefficient (Wildman–Crippen LogP) is 4.12. The molecule has 0 spiro atoms. The summed E-state index contributed by atoms with van der Waals surface area (Å²) in [5.74, 6) is 0.701. The lowest BCUT2D eigenvalue weighted by molar-refractivity contribution is 1.34. The van der Waals surface area contributed by atoms with E-state index in [9.17, 15) is 0 Å². The lowest BCUT2D eigenvalue weighted by atomic mass is 10.2. The Kier molecular flexibility index (Phi) is 2.65. The first-order valence-corrected chi connectivity index (χ1v) is 6.10. The summed E-state index contributed by atoms with van der Waals surface area (Å²) in [5, 5.41) is 1.15. The number of hydrogen-bond donors (Lipinski definition) is 2. The average Bonchev–Trinajstić information content (AvgIpc) is 2.73. The van der Waals surface area contributed by atoms with Crippen LogP contribution in [0.15, 0.2) is 36.4 Å². The third kappa shape index (κ3) is 1.92. The van der Waals surface area contributed by atoms with E-state index in [1.807, 2.05) is 18.2 Å². The van der Waals surface area contributed by atoms with Gasteiger partial charge in [-0.3, -0.25) is 0 Å². The minimum absolute atomic E-state index is 0.575. The van der Waals surface area contributed by atoms with Crippen LogP contribution in [-0.4, -0.2) is 9.97 Å². The highest BCUT2D eigenvalue weighted by Gasteiger charge is 2.08. The molecule has 3 N–H and O–H groups in total. The zero-order chi connectivity index (χ0) is 12.7. The van der Waals surface area contributed by atoms with Gasteiger partial charge in [0.05, 0.1) is 11.2 Å². The Morgan fingerprint density at radius 2 is 1.78 bits per heavy atom. The second-order valence-electron chi connectivity index (χ2n) is 3.99. The molecule has 3 rings (SSSR count). The Hall–Kier alpha value is -1.71. The van der Waals surface area contributed by atoms with E-state index >= 15 is 0 Å². The Bertz CT molecular complexity index is 714. The number of fused-ring (bicyclic) bond motifs is 1. The molecule has 5 heteroatoms. The fourth-order valence-electron chi connectivity index (χ4n) is 1.88. The highest BCUT2D eigenvalue weighted by Crippen LogP contribution is 2.28. The number of para-hydroxylation sites is 1. The molecule has 2 aromatic carbocycles. The van der Waals surface area contributed by atoms with E-state index in [1.165, 1.54) is 0 Å². The van der Waals surface area contributed by atoms with Gasteiger partial charge >= 0.3 is 0 Å². The highest BCUT2D eigenvalue weighted by molar-refractivity contribution is 6.35. The van der Waals surface area contributed by atoms with Crippen molar-refractivity contribution in [2.75, 3.05) is 5.73 Å². The van der Waals surface area contributed by atoms with Crippen LogP contribution in [0, 0.1) is 0 Å². The maximum absolute atomic E-state index is 5.98. The molecule has 0 fully saturated rings. The number of anilines is 1. The van der Waals surface area contributed by atoms with E-state index in [-0.39, 0.29) is 0 Å². The molecule has 0 aliphatic rings. The van der Waals surface area contributed by atoms with Crippen LogP contribution < -0.4 is 5.73 Å². The molecule has 0 amide bonds. The van der Waals surface area contributed by atoms with Crippen LogP contribution in [0.25, 0.3) is 22.4 Å². The van der Waals surface area contributed by atoms with Crippen molar-refractivity contribution in [3.8, 4) is 11.4 Å². The normalized spacial score (nSPS) is 11.0. The van der Waals surface area contributed by atoms with Crippen LogP contribution in [0.2, 0.25) is 10.0 Å². The molecular weight excluding hydrogens is 269 g/mol. The largest absolute Gasteiger partial charge is 0.397 e. The molecule has 0 atom stereocenters. The van der Waals surface area contributed by atoms with E-state index in [2.05, 4.69) is 9.97 Å². The van der Waals surface area contributed by atoms with E-state index in [4.69, 9.17) is 28.9 Å². The molecule has 0 aliphatic carbocycles. The minimum atomic E-state index is 0.575. The van der Waals surface area contributed by atoms with Crippen molar-refractivity contribution in [1.29, 1.82) is 0 Å². The van der Waals surface area contributed by atoms with Gasteiger partial charge in [0.15, 0.2) is 0 Å². The molecule has 18 heavy (non-hydrogen) atoms. The summed E-state index contributed by atoms with van der Waals surface area (Å²) in [6, 6.07) is 10.9. The van der Waals surface area contributed by atoms with Gasteiger partial charge < -0.3 is 10.7 Å². The van der Waals surface area contributed by atoms with Crippen molar-refractivity contribution < 1.29 is 0 Å². The maximum atomic E-state index is 5.98. The van der Waals surface area contributed by atoms with E-state index in [0.717, 1.165) is 16.6 Å². The smallest absolute Gasteiger partial charge is 0.138 e. The van der Waals surface area contributed by atoms with E-state index < -0.39 is 0 Å². The van der Waals surface area contributed by atoms with Gasteiger partial charge in [0.1, 0.15) is 11.3 Å². The van der Waals surface area contributed by atoms with Gasteiger partial charge in [0.25, 0.3) is 0 Å². The number of hydrogen-bond acceptors (Lipinski definition) is 2. The zero-order valence-corrected chi connectivity index (χ0v) is 10.8. The van der Waals surface area contributed by atoms with E-state index in [1.54, 1.807) is 18.2 Å². The molecule has 0 bridgehead atoms. The van der Waals surface area contributed by atoms with Crippen molar-refractivity contribution in [1.82, 2.24) is 9.97 Å². The average molecular weight is 278 g/mol. The molecule has 0 saturated carbocycles. The van der Waals surface area contributed by atoms with Gasteiger partial charge in [-0.1, -0.05) is 29.3 Å². The van der Waals surface area contributed by atoms with Crippen molar-refractivity contribution >= 4 is 39.9 Å². The third-order valence-electron chi connectivity index (χ3n) is 2.68. The second-order valence-corrected chi connectivity index (χ2v) is 4.86. The minimum Gasteiger partial charge on any atom is -0.397 e. The molecule has 0 radical (unpaired) electrons. The molecule has 0 unspecified atom stereocenters. The number of benzene rings is 2. The lowest BCUT2D eigenvalue weighted by Gasteiger charge is -1.98. The zero-order valence-electron chi connectivity index (χ0n) is 9.24. The highest BCUT2D eigenvalue weighted by atomic mass is 35.5. The Labute approximate surface area is 114 Å². The number of imidazole rings is 1. The number of halogens is 2. The Morgan fingerprint density at radius 1 is 1.06 bits per heavy atom. The van der Waals surface area contributed by atoms with Gasteiger partial charge in [0, 0.05) is 15.6 Å². The summed E-state index contributed by atoms with van der Waals surface area (Å²) in [4.78, 5) is 7.67. The van der Waals surface area contributed by atoms with Gasteiger partial charge in [-0.15, -0.1) is 0 Å². The fourth-order valence-corrected chi connectivity index (χ4v) is 2.41. The molecular formula is C13H9Cl2N3. The molecule has 0 aliphatic heterocycles. The van der Waals surface area contributed by atoms with Crippen LogP contribution in [0.4, 0.5) is 5.69 Å². The van der Waals surface area contributed by atoms with E-state index in [0.29, 0.717) is 21.6 Å². The van der Waals surface area contributed by atoms with Gasteiger partial charge in [0.2, 0.25) is 0 Å². The molecule has 0 saturated heterocycles. The molecule has 1 heterocycles. The fraction of sp³-hybridized carbons (Fsp3) is 0. The Balaban J connectivity index is 2.22. The predicted molar refractivity (Wildman–Crippen MR) is 76.0 cm³/mol. The standard InChI is InChI=1S/C13H9Cl2N3/c14-8-4-7(5-9(15)6-8)13-17-11-3-1-2-10(16)12(11)18-13/h1-6H,16H2,(H,17,18). The first kappa shape index (κ1) is 11.4. The molecule has 1 aromatic heterocycles. The summed E-state index contributed by atoms with van der Waals surface area (Å²) in [6.07, 6.45) is 0. The first-order chi connectivity index (χ1) is 8.63. The molecule has 3 nitrogen and oxygen atoms in total. The maximum Gasteiger partial charge on any atom is 0.138 e. The van der Waals surface area contributed by atoms with Gasteiger partial charge in [-0.05, 0) is 30.3 Å². The number of aromatic nitrogens is 2. The van der Waals surface area contributed by atoms with Crippen molar-refractivity contribution in [3.63, 3.8) is 0 Å². The summed E-state index contributed by atoms with van der Waals surface area (Å²) >= 11 is 12.0.